The van der Waals surface area contributed by atoms with Gasteiger partial charge in [-0.25, -0.2) is 9.97 Å². The number of benzene rings is 1. The van der Waals surface area contributed by atoms with Gasteiger partial charge >= 0.3 is 0 Å². The second-order valence-corrected chi connectivity index (χ2v) is 9.79. The highest BCUT2D eigenvalue weighted by Crippen LogP contribution is 2.38. The van der Waals surface area contributed by atoms with Crippen LogP contribution in [-0.4, -0.2) is 33.8 Å². The van der Waals surface area contributed by atoms with Crippen LogP contribution in [0.4, 0.5) is 10.9 Å². The van der Waals surface area contributed by atoms with E-state index in [9.17, 15) is 0 Å². The topological polar surface area (TPSA) is 72.0 Å². The molecule has 0 spiro atoms. The van der Waals surface area contributed by atoms with Gasteiger partial charge in [-0.05, 0) is 63.0 Å². The van der Waals surface area contributed by atoms with Crippen molar-refractivity contribution in [1.82, 2.24) is 20.3 Å². The molecule has 4 heterocycles. The molecule has 0 saturated carbocycles. The molecule has 1 aliphatic rings. The smallest absolute Gasteiger partial charge is 0.188 e. The zero-order valence-electron chi connectivity index (χ0n) is 18.7. The molecule has 10 heteroatoms. The van der Waals surface area contributed by atoms with E-state index in [4.69, 9.17) is 4.74 Å². The van der Waals surface area contributed by atoms with E-state index in [1.54, 1.807) is 17.5 Å². The number of hydrogen-bond acceptors (Lipinski definition) is 8. The number of aromatic nitrogens is 3. The lowest BCUT2D eigenvalue weighted by Gasteiger charge is -2.22. The van der Waals surface area contributed by atoms with E-state index in [1.807, 2.05) is 66.7 Å². The number of rotatable bonds is 7. The minimum atomic E-state index is 0. The van der Waals surface area contributed by atoms with Crippen LogP contribution in [0.15, 0.2) is 59.1 Å². The van der Waals surface area contributed by atoms with Crippen molar-refractivity contribution in [3.8, 4) is 11.5 Å². The van der Waals surface area contributed by atoms with Crippen LogP contribution in [0, 0.1) is 12.8 Å². The molecule has 1 fully saturated rings. The van der Waals surface area contributed by atoms with Crippen molar-refractivity contribution < 1.29 is 4.74 Å². The van der Waals surface area contributed by atoms with Crippen LogP contribution in [0.5, 0.6) is 11.5 Å². The summed E-state index contributed by atoms with van der Waals surface area (Å²) in [5.41, 5.74) is 1.91. The Morgan fingerprint density at radius 3 is 2.76 bits per heavy atom. The van der Waals surface area contributed by atoms with Gasteiger partial charge in [-0.15, -0.1) is 47.9 Å². The monoisotopic (exact) mass is 535 g/mol. The summed E-state index contributed by atoms with van der Waals surface area (Å²) in [5.74, 6) is 4.09. The maximum absolute atomic E-state index is 6.48. The lowest BCUT2D eigenvalue weighted by molar-refractivity contribution is 0.407. The lowest BCUT2D eigenvalue weighted by Crippen LogP contribution is -2.28. The van der Waals surface area contributed by atoms with E-state index in [1.165, 1.54) is 12.8 Å². The standard InChI is InChI=1S/C24H25N5OS2.2ClH/c1-16-14-32-24(28-16)29-23-12-21(22(13-27-23)31-15-17-7-10-25-11-8-17)30-20-6-2-5-19-18(20)4-3-9-26-19;;/h2-6,9,12-14,17,25H,7-8,10-11,15H2,1H3,(H,27,28,29);2*1H. The van der Waals surface area contributed by atoms with Crippen molar-refractivity contribution in [1.29, 1.82) is 0 Å². The Bertz CT molecular complexity index is 1210. The van der Waals surface area contributed by atoms with Gasteiger partial charge in [0.2, 0.25) is 0 Å². The first-order valence-corrected chi connectivity index (χ1v) is 12.7. The summed E-state index contributed by atoms with van der Waals surface area (Å²) >= 11 is 3.39. The van der Waals surface area contributed by atoms with E-state index in [0.717, 1.165) is 62.8 Å². The first-order valence-electron chi connectivity index (χ1n) is 10.8. The molecule has 0 atom stereocenters. The Labute approximate surface area is 220 Å². The van der Waals surface area contributed by atoms with Gasteiger partial charge in [-0.1, -0.05) is 6.07 Å². The predicted molar refractivity (Wildman–Crippen MR) is 147 cm³/mol. The molecule has 4 aromatic rings. The summed E-state index contributed by atoms with van der Waals surface area (Å²) in [6.07, 6.45) is 6.15. The molecule has 34 heavy (non-hydrogen) atoms. The van der Waals surface area contributed by atoms with Gasteiger partial charge in [0.25, 0.3) is 0 Å². The molecule has 0 bridgehead atoms. The van der Waals surface area contributed by atoms with E-state index >= 15 is 0 Å². The minimum Gasteiger partial charge on any atom is -0.455 e. The molecule has 2 N–H and O–H groups in total. The maximum atomic E-state index is 6.48. The highest BCUT2D eigenvalue weighted by Gasteiger charge is 2.17. The van der Waals surface area contributed by atoms with Crippen molar-refractivity contribution >= 4 is 69.8 Å². The summed E-state index contributed by atoms with van der Waals surface area (Å²) in [6, 6.07) is 11.9. The van der Waals surface area contributed by atoms with Gasteiger partial charge in [0.1, 0.15) is 17.3 Å². The fourth-order valence-electron chi connectivity index (χ4n) is 3.74. The van der Waals surface area contributed by atoms with E-state index in [-0.39, 0.29) is 24.8 Å². The average Bonchev–Trinajstić information content (AvgIpc) is 3.24. The quantitative estimate of drug-likeness (QED) is 0.250. The Kier molecular flexibility index (Phi) is 9.79. The Balaban J connectivity index is 0.00000162. The predicted octanol–water partition coefficient (Wildman–Crippen LogP) is 6.87. The number of piperidine rings is 1. The molecule has 0 radical (unpaired) electrons. The van der Waals surface area contributed by atoms with Gasteiger partial charge in [-0.2, -0.15) is 0 Å². The number of fused-ring (bicyclic) bond motifs is 1. The minimum absolute atomic E-state index is 0. The molecule has 0 aliphatic carbocycles. The van der Waals surface area contributed by atoms with Crippen LogP contribution in [0.1, 0.15) is 18.5 Å². The van der Waals surface area contributed by atoms with Crippen LogP contribution >= 0.6 is 47.9 Å². The molecule has 180 valence electrons. The van der Waals surface area contributed by atoms with Crippen molar-refractivity contribution in [2.75, 3.05) is 24.2 Å². The summed E-state index contributed by atoms with van der Waals surface area (Å²) in [6.45, 7) is 4.19. The third-order valence-electron chi connectivity index (χ3n) is 5.44. The van der Waals surface area contributed by atoms with Crippen molar-refractivity contribution in [3.05, 3.63) is 59.9 Å². The molecule has 5 rings (SSSR count). The molecular weight excluding hydrogens is 509 g/mol. The summed E-state index contributed by atoms with van der Waals surface area (Å²) in [7, 11) is 0. The fraction of sp³-hybridized carbons (Fsp3) is 0.292. The molecule has 0 amide bonds. The van der Waals surface area contributed by atoms with Gasteiger partial charge in [0.05, 0.1) is 16.1 Å². The van der Waals surface area contributed by atoms with E-state index in [0.29, 0.717) is 5.92 Å². The number of thiazole rings is 1. The van der Waals surface area contributed by atoms with Gasteiger partial charge < -0.3 is 15.4 Å². The van der Waals surface area contributed by atoms with Crippen molar-refractivity contribution in [2.45, 2.75) is 24.7 Å². The van der Waals surface area contributed by atoms with Crippen LogP contribution in [0.25, 0.3) is 10.9 Å². The molecule has 1 aromatic carbocycles. The molecule has 1 aliphatic heterocycles. The Morgan fingerprint density at radius 1 is 1.12 bits per heavy atom. The number of anilines is 2. The number of hydrogen-bond donors (Lipinski definition) is 2. The largest absolute Gasteiger partial charge is 0.455 e. The Morgan fingerprint density at radius 2 is 1.97 bits per heavy atom. The molecule has 0 unspecified atom stereocenters. The summed E-state index contributed by atoms with van der Waals surface area (Å²) in [5, 5.41) is 10.6. The molecule has 1 saturated heterocycles. The second-order valence-electron chi connectivity index (χ2n) is 7.87. The number of pyridine rings is 2. The number of nitrogens with one attached hydrogen (secondary N) is 2. The van der Waals surface area contributed by atoms with E-state index in [2.05, 4.69) is 25.6 Å². The molecule has 6 nitrogen and oxygen atoms in total. The first-order chi connectivity index (χ1) is 15.7. The van der Waals surface area contributed by atoms with Crippen LogP contribution in [0.3, 0.4) is 0 Å². The SMILES string of the molecule is Cc1csc(Nc2cc(Oc3cccc4ncccc34)c(SCC3CCNCC3)cn2)n1.Cl.Cl. The zero-order valence-corrected chi connectivity index (χ0v) is 22.0. The second kappa shape index (κ2) is 12.6. The number of aryl methyl sites for hydroxylation is 1. The van der Waals surface area contributed by atoms with Crippen LogP contribution < -0.4 is 15.4 Å². The van der Waals surface area contributed by atoms with Crippen molar-refractivity contribution in [2.24, 2.45) is 5.92 Å². The molecule has 3 aromatic heterocycles. The summed E-state index contributed by atoms with van der Waals surface area (Å²) in [4.78, 5) is 14.6. The Hall–Kier alpha value is -2.10. The number of thioether (sulfide) groups is 1. The zero-order chi connectivity index (χ0) is 21.8. The van der Waals surface area contributed by atoms with Gasteiger partial charge in [0.15, 0.2) is 5.13 Å². The maximum Gasteiger partial charge on any atom is 0.188 e. The third-order valence-corrected chi connectivity index (χ3v) is 7.58. The van der Waals surface area contributed by atoms with E-state index < -0.39 is 0 Å². The lowest BCUT2D eigenvalue weighted by atomic mass is 10.0. The third kappa shape index (κ3) is 6.52. The highest BCUT2D eigenvalue weighted by atomic mass is 35.5. The number of halogens is 2. The normalized spacial score (nSPS) is 13.7. The summed E-state index contributed by atoms with van der Waals surface area (Å²) < 4.78 is 6.48. The highest BCUT2D eigenvalue weighted by molar-refractivity contribution is 7.99. The fourth-order valence-corrected chi connectivity index (χ4v) is 5.55. The molecular formula is C24H27Cl2N5OS2. The number of nitrogens with zero attached hydrogens (tertiary/aromatic N) is 3. The average molecular weight is 537 g/mol. The van der Waals surface area contributed by atoms with Gasteiger partial charge in [-0.3, -0.25) is 4.98 Å². The van der Waals surface area contributed by atoms with Crippen LogP contribution in [-0.2, 0) is 0 Å². The number of ether oxygens (including phenoxy) is 1. The van der Waals surface area contributed by atoms with Gasteiger partial charge in [0, 0.05) is 35.0 Å². The van der Waals surface area contributed by atoms with Crippen molar-refractivity contribution in [3.63, 3.8) is 0 Å². The van der Waals surface area contributed by atoms with Crippen LogP contribution in [0.2, 0.25) is 0 Å². The first kappa shape index (κ1) is 26.5.